The van der Waals surface area contributed by atoms with E-state index in [4.69, 9.17) is 4.74 Å². The van der Waals surface area contributed by atoms with Gasteiger partial charge in [-0.05, 0) is 41.5 Å². The van der Waals surface area contributed by atoms with Crippen LogP contribution in [0.4, 0.5) is 10.1 Å². The van der Waals surface area contributed by atoms with Crippen LogP contribution in [0.25, 0.3) is 0 Å². The maximum absolute atomic E-state index is 13.2. The minimum Gasteiger partial charge on any atom is -0.493 e. The van der Waals surface area contributed by atoms with E-state index >= 15 is 0 Å². The summed E-state index contributed by atoms with van der Waals surface area (Å²) in [7, 11) is 1.66. The first-order chi connectivity index (χ1) is 11.0. The molecule has 23 heavy (non-hydrogen) atoms. The third-order valence-electron chi connectivity index (χ3n) is 4.04. The SMILES string of the molecule is CN(C(=O)C[C@H](O)c1cccc(F)c1)c1ccc2c(c1)CCO2. The highest BCUT2D eigenvalue weighted by Gasteiger charge is 2.20. The van der Waals surface area contributed by atoms with Crippen molar-refractivity contribution in [3.8, 4) is 5.75 Å². The zero-order valence-electron chi connectivity index (χ0n) is 12.8. The van der Waals surface area contributed by atoms with Crippen LogP contribution in [0.2, 0.25) is 0 Å². The molecule has 0 saturated carbocycles. The number of amides is 1. The summed E-state index contributed by atoms with van der Waals surface area (Å²) in [5.74, 6) is 0.191. The van der Waals surface area contributed by atoms with Gasteiger partial charge in [0, 0.05) is 19.2 Å². The summed E-state index contributed by atoms with van der Waals surface area (Å²) < 4.78 is 18.6. The molecule has 1 aliphatic heterocycles. The van der Waals surface area contributed by atoms with Gasteiger partial charge in [-0.2, -0.15) is 0 Å². The number of rotatable bonds is 4. The fourth-order valence-electron chi connectivity index (χ4n) is 2.66. The lowest BCUT2D eigenvalue weighted by atomic mass is 10.1. The Morgan fingerprint density at radius 3 is 2.96 bits per heavy atom. The average molecular weight is 315 g/mol. The van der Waals surface area contributed by atoms with Gasteiger partial charge in [0.1, 0.15) is 11.6 Å². The molecular weight excluding hydrogens is 297 g/mol. The lowest BCUT2D eigenvalue weighted by molar-refractivity contribution is -0.120. The van der Waals surface area contributed by atoms with Crippen molar-refractivity contribution in [1.29, 1.82) is 0 Å². The molecule has 0 unspecified atom stereocenters. The van der Waals surface area contributed by atoms with Crippen LogP contribution in [0, 0.1) is 5.82 Å². The molecule has 4 nitrogen and oxygen atoms in total. The smallest absolute Gasteiger partial charge is 0.229 e. The maximum Gasteiger partial charge on any atom is 0.229 e. The quantitative estimate of drug-likeness (QED) is 0.944. The van der Waals surface area contributed by atoms with Gasteiger partial charge in [0.2, 0.25) is 5.91 Å². The van der Waals surface area contributed by atoms with Crippen molar-refractivity contribution >= 4 is 11.6 Å². The topological polar surface area (TPSA) is 49.8 Å². The summed E-state index contributed by atoms with van der Waals surface area (Å²) in [6.45, 7) is 0.661. The summed E-state index contributed by atoms with van der Waals surface area (Å²) >= 11 is 0. The van der Waals surface area contributed by atoms with E-state index in [1.54, 1.807) is 13.1 Å². The number of hydrogen-bond acceptors (Lipinski definition) is 3. The first-order valence-electron chi connectivity index (χ1n) is 7.50. The molecule has 0 bridgehead atoms. The third-order valence-corrected chi connectivity index (χ3v) is 4.04. The van der Waals surface area contributed by atoms with Gasteiger partial charge in [0.05, 0.1) is 19.1 Å². The van der Waals surface area contributed by atoms with Gasteiger partial charge in [-0.1, -0.05) is 12.1 Å². The van der Waals surface area contributed by atoms with Gasteiger partial charge in [-0.3, -0.25) is 4.79 Å². The van der Waals surface area contributed by atoms with E-state index in [0.29, 0.717) is 12.2 Å². The Balaban J connectivity index is 1.70. The van der Waals surface area contributed by atoms with E-state index in [2.05, 4.69) is 0 Å². The molecule has 1 aliphatic rings. The Bertz CT molecular complexity index is 732. The molecule has 1 amide bonds. The van der Waals surface area contributed by atoms with Crippen molar-refractivity contribution in [3.63, 3.8) is 0 Å². The van der Waals surface area contributed by atoms with Crippen LogP contribution in [0.5, 0.6) is 5.75 Å². The van der Waals surface area contributed by atoms with Crippen LogP contribution in [0.3, 0.4) is 0 Å². The molecule has 0 saturated heterocycles. The van der Waals surface area contributed by atoms with Crippen LogP contribution >= 0.6 is 0 Å². The van der Waals surface area contributed by atoms with Crippen molar-refractivity contribution in [2.75, 3.05) is 18.6 Å². The van der Waals surface area contributed by atoms with E-state index in [1.165, 1.54) is 23.1 Å². The highest BCUT2D eigenvalue weighted by atomic mass is 19.1. The number of nitrogens with zero attached hydrogens (tertiary/aromatic N) is 1. The Morgan fingerprint density at radius 2 is 2.17 bits per heavy atom. The molecule has 3 rings (SSSR count). The number of benzene rings is 2. The normalized spacial score (nSPS) is 14.0. The molecule has 1 heterocycles. The van der Waals surface area contributed by atoms with Gasteiger partial charge in [-0.15, -0.1) is 0 Å². The zero-order chi connectivity index (χ0) is 16.4. The van der Waals surface area contributed by atoms with Crippen LogP contribution in [-0.4, -0.2) is 24.7 Å². The second-order valence-corrected chi connectivity index (χ2v) is 5.62. The molecule has 5 heteroatoms. The van der Waals surface area contributed by atoms with Crippen molar-refractivity contribution in [1.82, 2.24) is 0 Å². The van der Waals surface area contributed by atoms with Crippen LogP contribution < -0.4 is 9.64 Å². The van der Waals surface area contributed by atoms with Gasteiger partial charge in [0.25, 0.3) is 0 Å². The van der Waals surface area contributed by atoms with E-state index in [-0.39, 0.29) is 12.3 Å². The second-order valence-electron chi connectivity index (χ2n) is 5.62. The summed E-state index contributed by atoms with van der Waals surface area (Å²) in [5.41, 5.74) is 2.23. The first kappa shape index (κ1) is 15.5. The van der Waals surface area contributed by atoms with Gasteiger partial charge in [-0.25, -0.2) is 4.39 Å². The predicted octanol–water partition coefficient (Wildman–Crippen LogP) is 2.85. The molecule has 1 atom stereocenters. The standard InChI is InChI=1S/C18H18FNO3/c1-20(15-5-6-17-13(10-15)7-8-23-17)18(22)11-16(21)12-3-2-4-14(19)9-12/h2-6,9-10,16,21H,7-8,11H2,1H3/t16-/m0/s1. The molecule has 2 aromatic carbocycles. The Morgan fingerprint density at radius 1 is 1.35 bits per heavy atom. The number of carbonyl (C=O) groups excluding carboxylic acids is 1. The second kappa shape index (κ2) is 6.38. The third kappa shape index (κ3) is 3.35. The number of ether oxygens (including phenoxy) is 1. The minimum absolute atomic E-state index is 0.104. The van der Waals surface area contributed by atoms with Crippen molar-refractivity contribution in [2.24, 2.45) is 0 Å². The van der Waals surface area contributed by atoms with E-state index < -0.39 is 11.9 Å². The fourth-order valence-corrected chi connectivity index (χ4v) is 2.66. The van der Waals surface area contributed by atoms with Crippen LogP contribution in [-0.2, 0) is 11.2 Å². The molecule has 0 aliphatic carbocycles. The molecule has 2 aromatic rings. The number of hydrogen-bond donors (Lipinski definition) is 1. The average Bonchev–Trinajstić information content (AvgIpc) is 3.01. The maximum atomic E-state index is 13.2. The van der Waals surface area contributed by atoms with E-state index in [0.717, 1.165) is 23.4 Å². The minimum atomic E-state index is -1.03. The Kier molecular flexibility index (Phi) is 4.30. The zero-order valence-corrected chi connectivity index (χ0v) is 12.8. The monoisotopic (exact) mass is 315 g/mol. The van der Waals surface area contributed by atoms with Crippen LogP contribution in [0.15, 0.2) is 42.5 Å². The lowest BCUT2D eigenvalue weighted by Crippen LogP contribution is -2.27. The van der Waals surface area contributed by atoms with Gasteiger partial charge < -0.3 is 14.7 Å². The molecule has 0 radical (unpaired) electrons. The van der Waals surface area contributed by atoms with Gasteiger partial charge in [0.15, 0.2) is 0 Å². The summed E-state index contributed by atoms with van der Waals surface area (Å²) in [6, 6.07) is 11.3. The highest BCUT2D eigenvalue weighted by Crippen LogP contribution is 2.30. The molecule has 0 aromatic heterocycles. The molecular formula is C18H18FNO3. The highest BCUT2D eigenvalue weighted by molar-refractivity contribution is 5.93. The molecule has 0 fully saturated rings. The first-order valence-corrected chi connectivity index (χ1v) is 7.50. The predicted molar refractivity (Wildman–Crippen MR) is 85.0 cm³/mol. The molecule has 120 valence electrons. The van der Waals surface area contributed by atoms with E-state index in [9.17, 15) is 14.3 Å². The number of carbonyl (C=O) groups is 1. The van der Waals surface area contributed by atoms with Crippen molar-refractivity contribution in [2.45, 2.75) is 18.9 Å². The number of anilines is 1. The van der Waals surface area contributed by atoms with Gasteiger partial charge >= 0.3 is 0 Å². The number of halogens is 1. The van der Waals surface area contributed by atoms with Crippen molar-refractivity contribution < 1.29 is 19.0 Å². The fraction of sp³-hybridized carbons (Fsp3) is 0.278. The molecule has 1 N–H and O–H groups in total. The summed E-state index contributed by atoms with van der Waals surface area (Å²) in [5, 5.41) is 10.1. The number of fused-ring (bicyclic) bond motifs is 1. The van der Waals surface area contributed by atoms with E-state index in [1.807, 2.05) is 18.2 Å². The number of aliphatic hydroxyl groups excluding tert-OH is 1. The Labute approximate surface area is 134 Å². The van der Waals surface area contributed by atoms with Crippen LogP contribution in [0.1, 0.15) is 23.7 Å². The Hall–Kier alpha value is -2.40. The van der Waals surface area contributed by atoms with Crippen molar-refractivity contribution in [3.05, 3.63) is 59.4 Å². The summed E-state index contributed by atoms with van der Waals surface area (Å²) in [4.78, 5) is 13.9. The molecule has 0 spiro atoms. The number of aliphatic hydroxyl groups is 1. The largest absolute Gasteiger partial charge is 0.493 e. The lowest BCUT2D eigenvalue weighted by Gasteiger charge is -2.20. The summed E-state index contributed by atoms with van der Waals surface area (Å²) in [6.07, 6.45) is -0.302.